The van der Waals surface area contributed by atoms with Crippen molar-refractivity contribution in [2.24, 2.45) is 0 Å². The lowest BCUT2D eigenvalue weighted by Gasteiger charge is -2.40. The zero-order chi connectivity index (χ0) is 18.1. The molecular formula is C17H23N5O2S2. The van der Waals surface area contributed by atoms with Gasteiger partial charge in [-0.1, -0.05) is 24.8 Å². The Morgan fingerprint density at radius 2 is 2.15 bits per heavy atom. The van der Waals surface area contributed by atoms with Crippen LogP contribution in [0.4, 0.5) is 0 Å². The number of aryl methyl sites for hydroxylation is 1. The smallest absolute Gasteiger partial charge is 0.264 e. The number of hydrogen-bond acceptors (Lipinski definition) is 8. The monoisotopic (exact) mass is 393 g/mol. The minimum atomic E-state index is -0.209. The second-order valence-corrected chi connectivity index (χ2v) is 8.60. The number of piperazine rings is 1. The van der Waals surface area contributed by atoms with Gasteiger partial charge in [0.25, 0.3) is 5.91 Å². The Bertz CT molecular complexity index is 755. The van der Waals surface area contributed by atoms with Crippen LogP contribution in [-0.4, -0.2) is 80.2 Å². The van der Waals surface area contributed by atoms with E-state index in [1.54, 1.807) is 23.1 Å². The first kappa shape index (κ1) is 18.1. The Hall–Kier alpha value is -1.26. The van der Waals surface area contributed by atoms with Gasteiger partial charge in [-0.05, 0) is 11.4 Å². The van der Waals surface area contributed by atoms with Crippen molar-refractivity contribution >= 4 is 29.0 Å². The number of carbonyl (C=O) groups is 1. The molecule has 2 aromatic rings. The summed E-state index contributed by atoms with van der Waals surface area (Å²) in [5.41, 5.74) is 0. The fourth-order valence-electron chi connectivity index (χ4n) is 3.58. The Kier molecular flexibility index (Phi) is 5.42. The van der Waals surface area contributed by atoms with Crippen molar-refractivity contribution in [3.05, 3.63) is 28.2 Å². The zero-order valence-corrected chi connectivity index (χ0v) is 16.4. The minimum Gasteiger partial charge on any atom is -0.395 e. The maximum absolute atomic E-state index is 13.0. The van der Waals surface area contributed by atoms with Crippen molar-refractivity contribution in [2.75, 3.05) is 39.3 Å². The lowest BCUT2D eigenvalue weighted by Crippen LogP contribution is -2.50. The number of aliphatic hydroxyl groups is 1. The van der Waals surface area contributed by atoms with Gasteiger partial charge in [-0.25, -0.2) is 4.98 Å². The second kappa shape index (κ2) is 7.77. The van der Waals surface area contributed by atoms with Crippen LogP contribution in [0.15, 0.2) is 22.7 Å². The van der Waals surface area contributed by atoms with Crippen molar-refractivity contribution in [1.82, 2.24) is 24.6 Å². The molecule has 4 rings (SSSR count). The Morgan fingerprint density at radius 1 is 1.35 bits per heavy atom. The number of thiophene rings is 1. The fraction of sp³-hybridized carbons (Fsp3) is 0.588. The van der Waals surface area contributed by atoms with E-state index in [0.29, 0.717) is 6.54 Å². The normalized spacial score (nSPS) is 22.7. The lowest BCUT2D eigenvalue weighted by molar-refractivity contribution is 0.0696. The molecule has 0 aliphatic carbocycles. The summed E-state index contributed by atoms with van der Waals surface area (Å²) in [6.07, 6.45) is 0.736. The molecule has 7 nitrogen and oxygen atoms in total. The first-order valence-corrected chi connectivity index (χ1v) is 10.7. The van der Waals surface area contributed by atoms with Gasteiger partial charge in [-0.3, -0.25) is 14.6 Å². The molecule has 2 aliphatic heterocycles. The van der Waals surface area contributed by atoms with E-state index in [9.17, 15) is 4.79 Å². The van der Waals surface area contributed by atoms with Crippen LogP contribution in [-0.2, 0) is 6.42 Å². The van der Waals surface area contributed by atoms with Gasteiger partial charge in [0.1, 0.15) is 5.25 Å². The molecule has 26 heavy (non-hydrogen) atoms. The van der Waals surface area contributed by atoms with E-state index in [1.807, 2.05) is 13.0 Å². The molecule has 1 fully saturated rings. The summed E-state index contributed by atoms with van der Waals surface area (Å²) in [5, 5.41) is 16.1. The third-order valence-corrected chi connectivity index (χ3v) is 7.09. The number of fused-ring (bicyclic) bond motifs is 1. The quantitative estimate of drug-likeness (QED) is 0.794. The van der Waals surface area contributed by atoms with Crippen molar-refractivity contribution in [2.45, 2.75) is 29.8 Å². The summed E-state index contributed by atoms with van der Waals surface area (Å²) < 4.78 is 1.50. The van der Waals surface area contributed by atoms with E-state index in [-0.39, 0.29) is 23.8 Å². The van der Waals surface area contributed by atoms with Gasteiger partial charge in [0.2, 0.25) is 0 Å². The average molecular weight is 394 g/mol. The van der Waals surface area contributed by atoms with Crippen molar-refractivity contribution in [3.63, 3.8) is 0 Å². The number of aromatic nitrogens is 3. The third-order valence-electron chi connectivity index (χ3n) is 4.96. The van der Waals surface area contributed by atoms with Gasteiger partial charge in [0.05, 0.1) is 12.6 Å². The summed E-state index contributed by atoms with van der Waals surface area (Å²) in [4.78, 5) is 23.4. The van der Waals surface area contributed by atoms with Crippen LogP contribution in [0.3, 0.4) is 0 Å². The van der Waals surface area contributed by atoms with E-state index >= 15 is 0 Å². The number of aliphatic hydroxyl groups excluding tert-OH is 1. The zero-order valence-electron chi connectivity index (χ0n) is 14.7. The molecule has 4 heterocycles. The van der Waals surface area contributed by atoms with Crippen LogP contribution in [0.1, 0.15) is 28.5 Å². The number of thioether (sulfide) groups is 1. The van der Waals surface area contributed by atoms with E-state index in [2.05, 4.69) is 31.3 Å². The number of nitrogens with zero attached hydrogens (tertiary/aromatic N) is 5. The molecule has 0 bridgehead atoms. The molecule has 1 N–H and O–H groups in total. The lowest BCUT2D eigenvalue weighted by atomic mass is 10.1. The molecule has 1 saturated heterocycles. The summed E-state index contributed by atoms with van der Waals surface area (Å²) in [6, 6.07) is 4.21. The fourth-order valence-corrected chi connectivity index (χ4v) is 5.82. The number of rotatable bonds is 6. The molecule has 0 spiro atoms. The summed E-state index contributed by atoms with van der Waals surface area (Å²) >= 11 is 3.25. The molecule has 0 radical (unpaired) electrons. The second-order valence-electron chi connectivity index (χ2n) is 6.51. The van der Waals surface area contributed by atoms with Gasteiger partial charge < -0.3 is 5.11 Å². The van der Waals surface area contributed by atoms with Crippen LogP contribution < -0.4 is 0 Å². The molecule has 0 amide bonds. The maximum atomic E-state index is 13.0. The van der Waals surface area contributed by atoms with E-state index in [4.69, 9.17) is 5.11 Å². The van der Waals surface area contributed by atoms with E-state index in [1.165, 1.54) is 9.56 Å². The van der Waals surface area contributed by atoms with Crippen molar-refractivity contribution < 1.29 is 9.90 Å². The third kappa shape index (κ3) is 3.34. The predicted octanol–water partition coefficient (Wildman–Crippen LogP) is 1.37. The Morgan fingerprint density at radius 3 is 2.77 bits per heavy atom. The molecule has 9 heteroatoms. The van der Waals surface area contributed by atoms with Crippen molar-refractivity contribution in [1.29, 1.82) is 0 Å². The molecule has 2 atom stereocenters. The molecule has 0 saturated carbocycles. The first-order chi connectivity index (χ1) is 12.7. The maximum Gasteiger partial charge on any atom is 0.264 e. The topological polar surface area (TPSA) is 74.5 Å². The molecule has 2 aromatic heterocycles. The summed E-state index contributed by atoms with van der Waals surface area (Å²) in [5.74, 6) is 0.762. The molecule has 140 valence electrons. The minimum absolute atomic E-state index is 0.0355. The van der Waals surface area contributed by atoms with Crippen LogP contribution >= 0.6 is 23.1 Å². The Labute approximate surface area is 161 Å². The number of hydrogen-bond donors (Lipinski definition) is 1. The first-order valence-electron chi connectivity index (χ1n) is 8.98. The van der Waals surface area contributed by atoms with Crippen LogP contribution in [0.2, 0.25) is 0 Å². The van der Waals surface area contributed by atoms with Crippen molar-refractivity contribution in [3.8, 4) is 0 Å². The highest BCUT2D eigenvalue weighted by molar-refractivity contribution is 8.01. The van der Waals surface area contributed by atoms with Crippen LogP contribution in [0.25, 0.3) is 0 Å². The number of carbonyl (C=O) groups excluding carboxylic acids is 1. The van der Waals surface area contributed by atoms with Gasteiger partial charge in [-0.2, -0.15) is 4.68 Å². The van der Waals surface area contributed by atoms with Gasteiger partial charge in [0, 0.05) is 44.0 Å². The van der Waals surface area contributed by atoms with Crippen LogP contribution in [0, 0.1) is 0 Å². The molecular weight excluding hydrogens is 370 g/mol. The summed E-state index contributed by atoms with van der Waals surface area (Å²) in [7, 11) is 0. The molecule has 0 aromatic carbocycles. The molecule has 2 unspecified atom stereocenters. The predicted molar refractivity (Wildman–Crippen MR) is 102 cm³/mol. The largest absolute Gasteiger partial charge is 0.395 e. The van der Waals surface area contributed by atoms with E-state index in [0.717, 1.165) is 43.6 Å². The van der Waals surface area contributed by atoms with Gasteiger partial charge in [0.15, 0.2) is 11.0 Å². The highest BCUT2D eigenvalue weighted by atomic mass is 32.2. The van der Waals surface area contributed by atoms with E-state index < -0.39 is 0 Å². The highest BCUT2D eigenvalue weighted by Gasteiger charge is 2.43. The SMILES string of the molecule is CCc1nc2n(n1)C(=O)C(C(c1cccs1)N1CCN(CCO)CC1)S2. The Balaban J connectivity index is 1.56. The standard InChI is InChI=1S/C17H23N5O2S2/c1-2-13-18-17-22(19-13)16(24)15(26-17)14(12-4-3-11-25-12)21-7-5-20(6-8-21)9-10-23/h3-4,11,14-15,23H,2,5-10H2,1H3. The molecule has 2 aliphatic rings. The summed E-state index contributed by atoms with van der Waals surface area (Å²) in [6.45, 7) is 6.52. The van der Waals surface area contributed by atoms with Gasteiger partial charge in [-0.15, -0.1) is 16.4 Å². The average Bonchev–Trinajstić information content (AvgIpc) is 3.37. The highest BCUT2D eigenvalue weighted by Crippen LogP contribution is 2.42. The van der Waals surface area contributed by atoms with Gasteiger partial charge >= 0.3 is 0 Å². The number of β-amino-alcohol motifs (C(OH)–C–C–N with tert-alkyl or cyclic N) is 1. The van der Waals surface area contributed by atoms with Crippen LogP contribution in [0.5, 0.6) is 0 Å².